The van der Waals surface area contributed by atoms with E-state index < -0.39 is 5.97 Å². The summed E-state index contributed by atoms with van der Waals surface area (Å²) in [6.07, 6.45) is 0. The zero-order chi connectivity index (χ0) is 19.7. The van der Waals surface area contributed by atoms with E-state index >= 15 is 0 Å². The third kappa shape index (κ3) is 3.01. The molecule has 1 aromatic heterocycles. The number of hydrogen-bond acceptors (Lipinski definition) is 5. The Balaban J connectivity index is 2.03. The molecule has 0 spiro atoms. The Hall–Kier alpha value is -3.60. The zero-order valence-electron chi connectivity index (χ0n) is 15.6. The average Bonchev–Trinajstić information content (AvgIpc) is 2.72. The molecule has 0 atom stereocenters. The highest BCUT2D eigenvalue weighted by atomic mass is 16.5. The Bertz CT molecular complexity index is 1180. The van der Waals surface area contributed by atoms with E-state index in [4.69, 9.17) is 9.47 Å². The van der Waals surface area contributed by atoms with Crippen LogP contribution >= 0.6 is 0 Å². The third-order valence-electron chi connectivity index (χ3n) is 4.68. The smallest absolute Gasteiger partial charge is 0.342 e. The van der Waals surface area contributed by atoms with Gasteiger partial charge in [-0.2, -0.15) is 0 Å². The summed E-state index contributed by atoms with van der Waals surface area (Å²) >= 11 is 0. The van der Waals surface area contributed by atoms with Gasteiger partial charge in [-0.3, -0.25) is 0 Å². The van der Waals surface area contributed by atoms with Crippen molar-refractivity contribution in [2.75, 3.05) is 13.7 Å². The lowest BCUT2D eigenvalue weighted by Gasteiger charge is -2.14. The number of pyridine rings is 1. The molecule has 4 rings (SSSR count). The van der Waals surface area contributed by atoms with Crippen molar-refractivity contribution in [2.45, 2.75) is 6.92 Å². The molecule has 0 fully saturated rings. The number of phenolic OH excluding ortho intramolecular Hbond substituents is 1. The van der Waals surface area contributed by atoms with Gasteiger partial charge in [0.2, 0.25) is 0 Å². The van der Waals surface area contributed by atoms with Gasteiger partial charge in [0.15, 0.2) is 0 Å². The van der Waals surface area contributed by atoms with Gasteiger partial charge in [-0.05, 0) is 42.8 Å². The predicted octanol–water partition coefficient (Wildman–Crippen LogP) is 4.95. The minimum absolute atomic E-state index is 0.125. The summed E-state index contributed by atoms with van der Waals surface area (Å²) in [5.74, 6) is 0.0106. The van der Waals surface area contributed by atoms with Crippen LogP contribution in [0.2, 0.25) is 0 Å². The van der Waals surface area contributed by atoms with Crippen LogP contribution in [0.15, 0.2) is 60.7 Å². The van der Waals surface area contributed by atoms with Gasteiger partial charge in [0.1, 0.15) is 17.1 Å². The molecule has 5 heteroatoms. The quantitative estimate of drug-likeness (QED) is 0.405. The van der Waals surface area contributed by atoms with Gasteiger partial charge in [0, 0.05) is 16.3 Å². The molecule has 28 heavy (non-hydrogen) atoms. The molecular weight excluding hydrogens is 354 g/mol. The van der Waals surface area contributed by atoms with Crippen molar-refractivity contribution in [3.63, 3.8) is 0 Å². The van der Waals surface area contributed by atoms with Crippen molar-refractivity contribution >= 4 is 27.8 Å². The number of carbonyl (C=O) groups is 1. The Kier molecular flexibility index (Phi) is 4.57. The van der Waals surface area contributed by atoms with Gasteiger partial charge in [-0.15, -0.1) is 0 Å². The molecule has 0 radical (unpaired) electrons. The first-order valence-electron chi connectivity index (χ1n) is 8.99. The normalized spacial score (nSPS) is 10.9. The van der Waals surface area contributed by atoms with Crippen molar-refractivity contribution in [3.05, 3.63) is 66.2 Å². The van der Waals surface area contributed by atoms with Crippen molar-refractivity contribution in [1.29, 1.82) is 0 Å². The van der Waals surface area contributed by atoms with Crippen LogP contribution < -0.4 is 4.74 Å². The van der Waals surface area contributed by atoms with Crippen LogP contribution in [0.1, 0.15) is 17.3 Å². The first kappa shape index (κ1) is 17.8. The lowest BCUT2D eigenvalue weighted by Crippen LogP contribution is -2.07. The maximum absolute atomic E-state index is 12.7. The number of aromatic nitrogens is 1. The van der Waals surface area contributed by atoms with Gasteiger partial charge < -0.3 is 14.6 Å². The molecule has 0 unspecified atom stereocenters. The van der Waals surface area contributed by atoms with E-state index in [0.717, 1.165) is 16.5 Å². The second kappa shape index (κ2) is 7.19. The first-order chi connectivity index (χ1) is 13.6. The van der Waals surface area contributed by atoms with Crippen LogP contribution in [0.3, 0.4) is 0 Å². The van der Waals surface area contributed by atoms with Crippen molar-refractivity contribution < 1.29 is 19.4 Å². The van der Waals surface area contributed by atoms with Crippen LogP contribution in [0.25, 0.3) is 32.9 Å². The SMILES string of the molecule is CCOC(=O)c1c(-c2ccc(OC)cc2)cc2nc3ccccc3cc2c1O. The third-order valence-corrected chi connectivity index (χ3v) is 4.68. The number of para-hydroxylation sites is 1. The number of ether oxygens (including phenoxy) is 2. The van der Waals surface area contributed by atoms with Gasteiger partial charge in [-0.1, -0.05) is 30.3 Å². The highest BCUT2D eigenvalue weighted by Gasteiger charge is 2.22. The van der Waals surface area contributed by atoms with E-state index in [1.807, 2.05) is 48.5 Å². The highest BCUT2D eigenvalue weighted by Crippen LogP contribution is 2.38. The molecule has 5 nitrogen and oxygen atoms in total. The predicted molar refractivity (Wildman–Crippen MR) is 109 cm³/mol. The van der Waals surface area contributed by atoms with Crippen molar-refractivity contribution in [2.24, 2.45) is 0 Å². The Morgan fingerprint density at radius 1 is 1.04 bits per heavy atom. The molecule has 0 aliphatic carbocycles. The number of aromatic hydroxyl groups is 1. The molecule has 4 aromatic rings. The average molecular weight is 373 g/mol. The maximum atomic E-state index is 12.7. The Labute approximate surface area is 162 Å². The van der Waals surface area contributed by atoms with Crippen LogP contribution in [-0.4, -0.2) is 29.8 Å². The number of phenols is 1. The molecule has 0 saturated heterocycles. The van der Waals surface area contributed by atoms with E-state index in [2.05, 4.69) is 4.98 Å². The van der Waals surface area contributed by atoms with Gasteiger partial charge in [-0.25, -0.2) is 9.78 Å². The summed E-state index contributed by atoms with van der Waals surface area (Å²) in [4.78, 5) is 17.3. The lowest BCUT2D eigenvalue weighted by molar-refractivity contribution is 0.0524. The van der Waals surface area contributed by atoms with E-state index in [-0.39, 0.29) is 17.9 Å². The highest BCUT2D eigenvalue weighted by molar-refractivity contribution is 6.09. The summed E-state index contributed by atoms with van der Waals surface area (Å²) in [7, 11) is 1.59. The van der Waals surface area contributed by atoms with Gasteiger partial charge >= 0.3 is 5.97 Å². The first-order valence-corrected chi connectivity index (χ1v) is 8.99. The molecule has 140 valence electrons. The summed E-state index contributed by atoms with van der Waals surface area (Å²) in [5.41, 5.74) is 2.88. The van der Waals surface area contributed by atoms with Crippen LogP contribution in [0, 0.1) is 0 Å². The number of rotatable bonds is 4. The molecule has 1 N–H and O–H groups in total. The number of methoxy groups -OCH3 is 1. The number of fused-ring (bicyclic) bond motifs is 2. The zero-order valence-corrected chi connectivity index (χ0v) is 15.6. The Morgan fingerprint density at radius 3 is 2.50 bits per heavy atom. The van der Waals surface area contributed by atoms with Crippen LogP contribution in [0.5, 0.6) is 11.5 Å². The van der Waals surface area contributed by atoms with Gasteiger partial charge in [0.25, 0.3) is 0 Å². The summed E-state index contributed by atoms with van der Waals surface area (Å²) in [6, 6.07) is 18.6. The minimum atomic E-state index is -0.569. The molecule has 1 heterocycles. The van der Waals surface area contributed by atoms with E-state index in [1.165, 1.54) is 0 Å². The van der Waals surface area contributed by atoms with E-state index in [9.17, 15) is 9.90 Å². The monoisotopic (exact) mass is 373 g/mol. The number of nitrogens with zero attached hydrogens (tertiary/aromatic N) is 1. The number of hydrogen-bond donors (Lipinski definition) is 1. The standard InChI is InChI=1S/C23H19NO4/c1-3-28-23(26)21-17(14-8-10-16(27-2)11-9-14)13-20-18(22(21)25)12-15-6-4-5-7-19(15)24-20/h4-13,25H,3H2,1-2H3. The molecule has 0 aliphatic rings. The summed E-state index contributed by atoms with van der Waals surface area (Å²) < 4.78 is 10.4. The van der Waals surface area contributed by atoms with E-state index in [1.54, 1.807) is 26.2 Å². The van der Waals surface area contributed by atoms with Gasteiger partial charge in [0.05, 0.1) is 24.8 Å². The molecule has 0 bridgehead atoms. The molecule has 0 amide bonds. The lowest BCUT2D eigenvalue weighted by atomic mass is 9.95. The van der Waals surface area contributed by atoms with Crippen LogP contribution in [0.4, 0.5) is 0 Å². The number of benzene rings is 3. The number of carbonyl (C=O) groups excluding carboxylic acids is 1. The second-order valence-electron chi connectivity index (χ2n) is 6.34. The molecule has 0 saturated carbocycles. The molecule has 3 aromatic carbocycles. The fourth-order valence-electron chi connectivity index (χ4n) is 3.31. The minimum Gasteiger partial charge on any atom is -0.506 e. The maximum Gasteiger partial charge on any atom is 0.342 e. The summed E-state index contributed by atoms with van der Waals surface area (Å²) in [5, 5.41) is 12.4. The molecule has 0 aliphatic heterocycles. The number of esters is 1. The largest absolute Gasteiger partial charge is 0.506 e. The fourth-order valence-corrected chi connectivity index (χ4v) is 3.31. The molecular formula is C23H19NO4. The fraction of sp³-hybridized carbons (Fsp3) is 0.130. The van der Waals surface area contributed by atoms with Crippen LogP contribution in [-0.2, 0) is 4.74 Å². The van der Waals surface area contributed by atoms with Crippen molar-refractivity contribution in [3.8, 4) is 22.6 Å². The van der Waals surface area contributed by atoms with E-state index in [0.29, 0.717) is 22.2 Å². The summed E-state index contributed by atoms with van der Waals surface area (Å²) in [6.45, 7) is 1.95. The van der Waals surface area contributed by atoms with Crippen molar-refractivity contribution in [1.82, 2.24) is 4.98 Å². The topological polar surface area (TPSA) is 68.7 Å². The second-order valence-corrected chi connectivity index (χ2v) is 6.34. The Morgan fingerprint density at radius 2 is 1.79 bits per heavy atom.